The predicted octanol–water partition coefficient (Wildman–Crippen LogP) is 1.46. The van der Waals surface area contributed by atoms with Gasteiger partial charge < -0.3 is 15.2 Å². The molecule has 1 saturated heterocycles. The minimum atomic E-state index is -0.971. The summed E-state index contributed by atoms with van der Waals surface area (Å²) in [4.78, 5) is 23.6. The Labute approximate surface area is 123 Å². The summed E-state index contributed by atoms with van der Waals surface area (Å²) in [6.07, 6.45) is 0.911. The molecule has 2 aliphatic rings. The molecule has 3 atom stereocenters. The molecule has 1 amide bonds. The number of hydrogen-bond donors (Lipinski definition) is 2. The molecule has 5 nitrogen and oxygen atoms in total. The molecule has 112 valence electrons. The van der Waals surface area contributed by atoms with E-state index in [4.69, 9.17) is 4.74 Å². The van der Waals surface area contributed by atoms with Crippen LogP contribution in [0, 0.1) is 12.8 Å². The maximum atomic E-state index is 12.2. The van der Waals surface area contributed by atoms with Gasteiger partial charge in [-0.25, -0.2) is 0 Å². The molecule has 1 unspecified atom stereocenters. The second-order valence-electron chi connectivity index (χ2n) is 6.13. The van der Waals surface area contributed by atoms with Crippen LogP contribution in [0.15, 0.2) is 24.3 Å². The van der Waals surface area contributed by atoms with Crippen LogP contribution in [0.3, 0.4) is 0 Å². The lowest BCUT2D eigenvalue weighted by atomic mass is 9.94. The zero-order chi connectivity index (χ0) is 15.0. The van der Waals surface area contributed by atoms with Gasteiger partial charge in [0.05, 0.1) is 24.7 Å². The molecule has 1 aliphatic heterocycles. The molecule has 1 aromatic carbocycles. The zero-order valence-corrected chi connectivity index (χ0v) is 12.0. The predicted molar refractivity (Wildman–Crippen MR) is 76.0 cm³/mol. The molecule has 0 radical (unpaired) electrons. The van der Waals surface area contributed by atoms with Crippen LogP contribution in [0.25, 0.3) is 0 Å². The highest BCUT2D eigenvalue weighted by Crippen LogP contribution is 2.48. The van der Waals surface area contributed by atoms with Gasteiger partial charge in [-0.2, -0.15) is 0 Å². The summed E-state index contributed by atoms with van der Waals surface area (Å²) in [6, 6.07) is 7.28. The van der Waals surface area contributed by atoms with Crippen LogP contribution in [-0.2, 0) is 14.3 Å². The van der Waals surface area contributed by atoms with Gasteiger partial charge in [-0.15, -0.1) is 0 Å². The quantitative estimate of drug-likeness (QED) is 0.860. The highest BCUT2D eigenvalue weighted by Gasteiger charge is 2.59. The van der Waals surface area contributed by atoms with Gasteiger partial charge in [-0.05, 0) is 18.9 Å². The van der Waals surface area contributed by atoms with E-state index in [1.54, 1.807) is 12.1 Å². The third kappa shape index (κ3) is 2.78. The number of carbonyl (C=O) groups is 2. The van der Waals surface area contributed by atoms with E-state index in [9.17, 15) is 14.7 Å². The van der Waals surface area contributed by atoms with E-state index in [1.807, 2.05) is 19.1 Å². The van der Waals surface area contributed by atoms with Crippen LogP contribution in [0.4, 0.5) is 0 Å². The van der Waals surface area contributed by atoms with Gasteiger partial charge in [0.2, 0.25) is 5.91 Å². The summed E-state index contributed by atoms with van der Waals surface area (Å²) in [5, 5.41) is 12.3. The number of amides is 1. The summed E-state index contributed by atoms with van der Waals surface area (Å²) in [5.41, 5.74) is 1.51. The van der Waals surface area contributed by atoms with Crippen molar-refractivity contribution in [3.8, 4) is 0 Å². The third-order valence-corrected chi connectivity index (χ3v) is 4.47. The summed E-state index contributed by atoms with van der Waals surface area (Å²) < 4.78 is 5.33. The molecule has 3 rings (SSSR count). The molecule has 5 heteroatoms. The van der Waals surface area contributed by atoms with Gasteiger partial charge >= 0.3 is 5.97 Å². The monoisotopic (exact) mass is 289 g/mol. The van der Waals surface area contributed by atoms with Crippen molar-refractivity contribution in [3.05, 3.63) is 35.4 Å². The summed E-state index contributed by atoms with van der Waals surface area (Å²) in [7, 11) is 0. The van der Waals surface area contributed by atoms with Crippen molar-refractivity contribution in [1.29, 1.82) is 0 Å². The summed E-state index contributed by atoms with van der Waals surface area (Å²) in [5.74, 6) is -1.58. The van der Waals surface area contributed by atoms with Crippen LogP contribution in [0.5, 0.6) is 0 Å². The Kier molecular flexibility index (Phi) is 3.45. The largest absolute Gasteiger partial charge is 0.481 e. The van der Waals surface area contributed by atoms with Crippen molar-refractivity contribution in [3.63, 3.8) is 0 Å². The topological polar surface area (TPSA) is 75.6 Å². The smallest absolute Gasteiger partial charge is 0.311 e. The van der Waals surface area contributed by atoms with E-state index >= 15 is 0 Å². The van der Waals surface area contributed by atoms with Crippen molar-refractivity contribution in [2.75, 3.05) is 13.2 Å². The van der Waals surface area contributed by atoms with E-state index in [2.05, 4.69) is 5.32 Å². The molecular weight excluding hydrogens is 270 g/mol. The first kappa shape index (κ1) is 14.1. The number of fused-ring (bicyclic) bond motifs is 1. The fraction of sp³-hybridized carbons (Fsp3) is 0.500. The van der Waals surface area contributed by atoms with Gasteiger partial charge in [0.1, 0.15) is 0 Å². The molecule has 1 heterocycles. The Morgan fingerprint density at radius 2 is 2.14 bits per heavy atom. The first-order chi connectivity index (χ1) is 10.00. The van der Waals surface area contributed by atoms with Gasteiger partial charge in [0.25, 0.3) is 0 Å². The zero-order valence-electron chi connectivity index (χ0n) is 12.0. The fourth-order valence-electron chi connectivity index (χ4n) is 3.01. The molecule has 0 bridgehead atoms. The molecule has 2 fully saturated rings. The molecule has 1 aromatic rings. The lowest BCUT2D eigenvalue weighted by Gasteiger charge is -2.17. The van der Waals surface area contributed by atoms with Crippen LogP contribution in [0.1, 0.15) is 29.9 Å². The van der Waals surface area contributed by atoms with E-state index in [-0.39, 0.29) is 17.9 Å². The average Bonchev–Trinajstić information content (AvgIpc) is 2.97. The number of aryl methyl sites for hydroxylation is 1. The number of aliphatic carboxylic acids is 1. The molecule has 2 N–H and O–H groups in total. The number of hydrogen-bond acceptors (Lipinski definition) is 3. The molecular formula is C16H19NO4. The number of rotatable bonds is 5. The molecule has 21 heavy (non-hydrogen) atoms. The minimum Gasteiger partial charge on any atom is -0.481 e. The Bertz CT molecular complexity index is 568. The fourth-order valence-corrected chi connectivity index (χ4v) is 3.01. The maximum Gasteiger partial charge on any atom is 0.311 e. The molecule has 1 saturated carbocycles. The summed E-state index contributed by atoms with van der Waals surface area (Å²) >= 11 is 0. The van der Waals surface area contributed by atoms with Crippen LogP contribution < -0.4 is 5.32 Å². The highest BCUT2D eigenvalue weighted by molar-refractivity contribution is 5.86. The van der Waals surface area contributed by atoms with Gasteiger partial charge in [0, 0.05) is 12.3 Å². The SMILES string of the molecule is Cc1ccc(C(CC(=O)N[C@@]23COC[C@@H]2C3)C(=O)O)cc1. The first-order valence-electron chi connectivity index (χ1n) is 7.18. The van der Waals surface area contributed by atoms with Crippen molar-refractivity contribution < 1.29 is 19.4 Å². The number of carboxylic acids is 1. The van der Waals surface area contributed by atoms with Gasteiger partial charge in [0.15, 0.2) is 0 Å². The Hall–Kier alpha value is -1.88. The second-order valence-corrected chi connectivity index (χ2v) is 6.13. The highest BCUT2D eigenvalue weighted by atomic mass is 16.5. The number of benzene rings is 1. The number of carboxylic acid groups (broad SMARTS) is 1. The Morgan fingerprint density at radius 3 is 2.67 bits per heavy atom. The van der Waals surface area contributed by atoms with Crippen molar-refractivity contribution in [2.45, 2.75) is 31.2 Å². The van der Waals surface area contributed by atoms with E-state index in [0.29, 0.717) is 24.7 Å². The second kappa shape index (κ2) is 5.15. The number of ether oxygens (including phenoxy) is 1. The Balaban J connectivity index is 1.66. The van der Waals surface area contributed by atoms with E-state index in [0.717, 1.165) is 12.0 Å². The third-order valence-electron chi connectivity index (χ3n) is 4.47. The normalized spacial score (nSPS) is 27.8. The molecule has 1 aliphatic carbocycles. The van der Waals surface area contributed by atoms with Crippen LogP contribution >= 0.6 is 0 Å². The van der Waals surface area contributed by atoms with Crippen LogP contribution in [0.2, 0.25) is 0 Å². The minimum absolute atomic E-state index is 0.0349. The van der Waals surface area contributed by atoms with Crippen molar-refractivity contribution in [2.24, 2.45) is 5.92 Å². The summed E-state index contributed by atoms with van der Waals surface area (Å²) in [6.45, 7) is 3.19. The van der Waals surface area contributed by atoms with Gasteiger partial charge in [-0.1, -0.05) is 29.8 Å². The van der Waals surface area contributed by atoms with Gasteiger partial charge in [-0.3, -0.25) is 9.59 Å². The standard InChI is InChI=1S/C16H19NO4/c1-10-2-4-11(5-3-10)13(15(19)20)6-14(18)17-16-7-12(16)8-21-9-16/h2-5,12-13H,6-9H2,1H3,(H,17,18)(H,19,20)/t12-,13?,16-/m0/s1. The van der Waals surface area contributed by atoms with Crippen LogP contribution in [-0.4, -0.2) is 35.7 Å². The molecule has 0 spiro atoms. The van der Waals surface area contributed by atoms with E-state index < -0.39 is 11.9 Å². The number of nitrogens with one attached hydrogen (secondary N) is 1. The maximum absolute atomic E-state index is 12.2. The number of carbonyl (C=O) groups excluding carboxylic acids is 1. The lowest BCUT2D eigenvalue weighted by molar-refractivity contribution is -0.141. The lowest BCUT2D eigenvalue weighted by Crippen LogP contribution is -2.40. The average molecular weight is 289 g/mol. The van der Waals surface area contributed by atoms with Crippen molar-refractivity contribution in [1.82, 2.24) is 5.32 Å². The van der Waals surface area contributed by atoms with E-state index in [1.165, 1.54) is 0 Å². The Morgan fingerprint density at radius 1 is 1.43 bits per heavy atom. The molecule has 0 aromatic heterocycles. The van der Waals surface area contributed by atoms with Crippen molar-refractivity contribution >= 4 is 11.9 Å². The first-order valence-corrected chi connectivity index (χ1v) is 7.18.